The Hall–Kier alpha value is -1.10. The molecule has 0 aromatic rings. The van der Waals surface area contributed by atoms with Crippen LogP contribution in [-0.2, 0) is 14.3 Å². The number of nitrogens with two attached hydrogens (primary N) is 1. The van der Waals surface area contributed by atoms with Gasteiger partial charge in [-0.15, -0.1) is 0 Å². The van der Waals surface area contributed by atoms with E-state index in [1.54, 1.807) is 0 Å². The fourth-order valence-electron chi connectivity index (χ4n) is 1.91. The van der Waals surface area contributed by atoms with Crippen LogP contribution in [0.4, 0.5) is 0 Å². The van der Waals surface area contributed by atoms with E-state index in [2.05, 4.69) is 0 Å². The second-order valence-electron chi connectivity index (χ2n) is 4.74. The van der Waals surface area contributed by atoms with E-state index in [-0.39, 0.29) is 6.61 Å². The highest BCUT2D eigenvalue weighted by Gasteiger charge is 2.43. The number of carbonyl (C=O) groups excluding carboxylic acids is 2. The number of aliphatic hydroxyl groups is 5. The Labute approximate surface area is 114 Å². The molecule has 1 heterocycles. The number of primary amides is 1. The van der Waals surface area contributed by atoms with Crippen LogP contribution in [-0.4, -0.2) is 81.0 Å². The number of Topliss-reactive ketones (excluding diaryl/α,β-unsaturated/α-hetero) is 1. The van der Waals surface area contributed by atoms with Crippen molar-refractivity contribution in [3.8, 4) is 0 Å². The predicted octanol–water partition coefficient (Wildman–Crippen LogP) is -4.12. The highest BCUT2D eigenvalue weighted by Crippen LogP contribution is 2.20. The van der Waals surface area contributed by atoms with Crippen LogP contribution >= 0.6 is 0 Å². The third-order valence-corrected chi connectivity index (χ3v) is 3.25. The summed E-state index contributed by atoms with van der Waals surface area (Å²) in [5.41, 5.74) is 4.96. The van der Waals surface area contributed by atoms with Crippen LogP contribution in [0.3, 0.4) is 0 Å². The van der Waals surface area contributed by atoms with Gasteiger partial charge in [-0.2, -0.15) is 0 Å². The van der Waals surface area contributed by atoms with E-state index in [0.29, 0.717) is 0 Å². The van der Waals surface area contributed by atoms with Gasteiger partial charge in [0.15, 0.2) is 5.78 Å². The monoisotopic (exact) mass is 293 g/mol. The molecular weight excluding hydrogens is 274 g/mol. The Morgan fingerprint density at radius 1 is 1.25 bits per heavy atom. The molecule has 0 saturated carbocycles. The maximum absolute atomic E-state index is 11.7. The second kappa shape index (κ2) is 7.07. The summed E-state index contributed by atoms with van der Waals surface area (Å²) in [7, 11) is 0. The summed E-state index contributed by atoms with van der Waals surface area (Å²) in [5, 5.41) is 47.0. The highest BCUT2D eigenvalue weighted by molar-refractivity contribution is 5.89. The number of ketones is 1. The van der Waals surface area contributed by atoms with Gasteiger partial charge in [-0.05, 0) is 0 Å². The molecule has 0 aliphatic carbocycles. The molecule has 9 nitrogen and oxygen atoms in total. The first-order valence-corrected chi connectivity index (χ1v) is 6.06. The number of hydrogen-bond donors (Lipinski definition) is 6. The molecule has 1 saturated heterocycles. The van der Waals surface area contributed by atoms with E-state index in [1.165, 1.54) is 0 Å². The molecule has 0 bridgehead atoms. The van der Waals surface area contributed by atoms with E-state index < -0.39 is 61.2 Å². The lowest BCUT2D eigenvalue weighted by molar-refractivity contribution is -0.210. The molecule has 0 radical (unpaired) electrons. The van der Waals surface area contributed by atoms with E-state index >= 15 is 0 Å². The van der Waals surface area contributed by atoms with Crippen LogP contribution in [0.5, 0.6) is 0 Å². The van der Waals surface area contributed by atoms with E-state index in [4.69, 9.17) is 15.6 Å². The number of hydrogen-bond acceptors (Lipinski definition) is 8. The molecule has 9 heteroatoms. The first kappa shape index (κ1) is 17.0. The molecule has 1 fully saturated rings. The molecule has 6 atom stereocenters. The van der Waals surface area contributed by atoms with Crippen LogP contribution in [0.2, 0.25) is 0 Å². The molecule has 1 rings (SSSR count). The van der Waals surface area contributed by atoms with Crippen LogP contribution in [0, 0.1) is 5.92 Å². The van der Waals surface area contributed by atoms with Crippen molar-refractivity contribution in [3.63, 3.8) is 0 Å². The average molecular weight is 293 g/mol. The van der Waals surface area contributed by atoms with Crippen molar-refractivity contribution in [2.24, 2.45) is 11.7 Å². The van der Waals surface area contributed by atoms with Crippen molar-refractivity contribution < 1.29 is 39.9 Å². The van der Waals surface area contributed by atoms with Gasteiger partial charge in [0.2, 0.25) is 5.91 Å². The lowest BCUT2D eigenvalue weighted by Gasteiger charge is -2.37. The van der Waals surface area contributed by atoms with Crippen molar-refractivity contribution in [1.82, 2.24) is 0 Å². The fraction of sp³-hybridized carbons (Fsp3) is 0.818. The summed E-state index contributed by atoms with van der Waals surface area (Å²) in [4.78, 5) is 22.6. The summed E-state index contributed by atoms with van der Waals surface area (Å²) < 4.78 is 4.92. The highest BCUT2D eigenvalue weighted by atomic mass is 16.5. The molecule has 1 amide bonds. The Morgan fingerprint density at radius 2 is 1.85 bits per heavy atom. The normalized spacial score (nSPS) is 33.5. The van der Waals surface area contributed by atoms with E-state index in [0.717, 1.165) is 0 Å². The third kappa shape index (κ3) is 3.72. The standard InChI is InChI=1S/C11H19NO8/c12-11(19)4(2-13)1-5(14)8(17)10-9(18)7(16)6(15)3-20-10/h4,6-10,13,15-18H,1-3H2,(H2,12,19)/t4-,6-,7+,8?,9?,10+/m1/s1. The van der Waals surface area contributed by atoms with Gasteiger partial charge >= 0.3 is 0 Å². The lowest BCUT2D eigenvalue weighted by atomic mass is 9.91. The summed E-state index contributed by atoms with van der Waals surface area (Å²) in [6.45, 7) is -1.00. The number of ether oxygens (including phenoxy) is 1. The fourth-order valence-corrected chi connectivity index (χ4v) is 1.91. The van der Waals surface area contributed by atoms with Gasteiger partial charge in [0.1, 0.15) is 30.5 Å². The van der Waals surface area contributed by atoms with Crippen molar-refractivity contribution in [3.05, 3.63) is 0 Å². The molecular formula is C11H19NO8. The smallest absolute Gasteiger partial charge is 0.223 e. The second-order valence-corrected chi connectivity index (χ2v) is 4.74. The molecule has 2 unspecified atom stereocenters. The van der Waals surface area contributed by atoms with E-state index in [9.17, 15) is 30.0 Å². The Balaban J connectivity index is 2.67. The zero-order chi connectivity index (χ0) is 15.4. The van der Waals surface area contributed by atoms with Gasteiger partial charge in [0.05, 0.1) is 19.1 Å². The molecule has 1 aliphatic rings. The quantitative estimate of drug-likeness (QED) is 0.287. The van der Waals surface area contributed by atoms with Gasteiger partial charge in [-0.25, -0.2) is 0 Å². The summed E-state index contributed by atoms with van der Waals surface area (Å²) in [5.74, 6) is -2.91. The van der Waals surface area contributed by atoms with Crippen LogP contribution < -0.4 is 5.73 Å². The van der Waals surface area contributed by atoms with Crippen molar-refractivity contribution >= 4 is 11.7 Å². The number of amides is 1. The van der Waals surface area contributed by atoms with Gasteiger partial charge in [-0.1, -0.05) is 0 Å². The zero-order valence-electron chi connectivity index (χ0n) is 10.6. The Bertz CT molecular complexity index is 362. The molecule has 0 aromatic carbocycles. The minimum Gasteiger partial charge on any atom is -0.396 e. The number of rotatable bonds is 6. The van der Waals surface area contributed by atoms with Gasteiger partial charge in [0.25, 0.3) is 0 Å². The van der Waals surface area contributed by atoms with Gasteiger partial charge in [0, 0.05) is 6.42 Å². The summed E-state index contributed by atoms with van der Waals surface area (Å²) >= 11 is 0. The average Bonchev–Trinajstić information content (AvgIpc) is 2.41. The van der Waals surface area contributed by atoms with Gasteiger partial charge < -0.3 is 36.0 Å². The maximum atomic E-state index is 11.7. The Morgan fingerprint density at radius 3 is 2.35 bits per heavy atom. The van der Waals surface area contributed by atoms with Gasteiger partial charge in [-0.3, -0.25) is 9.59 Å². The topological polar surface area (TPSA) is 171 Å². The molecule has 1 aliphatic heterocycles. The molecule has 0 spiro atoms. The molecule has 0 aromatic heterocycles. The molecule has 20 heavy (non-hydrogen) atoms. The first-order chi connectivity index (χ1) is 9.29. The van der Waals surface area contributed by atoms with Crippen LogP contribution in [0.1, 0.15) is 6.42 Å². The lowest BCUT2D eigenvalue weighted by Crippen LogP contribution is -2.58. The summed E-state index contributed by atoms with van der Waals surface area (Å²) in [6, 6.07) is 0. The minimum atomic E-state index is -1.81. The SMILES string of the molecule is NC(=O)[C@@H](CO)CC(=O)C(O)[C@@H]1OC[C@@H](O)[C@H](O)C1O. The van der Waals surface area contributed by atoms with Crippen LogP contribution in [0.25, 0.3) is 0 Å². The first-order valence-electron chi connectivity index (χ1n) is 6.06. The third-order valence-electron chi connectivity index (χ3n) is 3.25. The van der Waals surface area contributed by atoms with Crippen molar-refractivity contribution in [1.29, 1.82) is 0 Å². The van der Waals surface area contributed by atoms with Crippen LogP contribution in [0.15, 0.2) is 0 Å². The number of aliphatic hydroxyl groups excluding tert-OH is 5. The maximum Gasteiger partial charge on any atom is 0.223 e. The minimum absolute atomic E-state index is 0.355. The summed E-state index contributed by atoms with van der Waals surface area (Å²) in [6.07, 6.45) is -8.27. The van der Waals surface area contributed by atoms with E-state index in [1.807, 2.05) is 0 Å². The number of carbonyl (C=O) groups is 2. The molecule has 7 N–H and O–H groups in total. The zero-order valence-corrected chi connectivity index (χ0v) is 10.6. The van der Waals surface area contributed by atoms with Crippen molar-refractivity contribution in [2.45, 2.75) is 36.9 Å². The van der Waals surface area contributed by atoms with Crippen molar-refractivity contribution in [2.75, 3.05) is 13.2 Å². The largest absolute Gasteiger partial charge is 0.396 e. The predicted molar refractivity (Wildman–Crippen MR) is 63.2 cm³/mol. The Kier molecular flexibility index (Phi) is 5.99. The molecule has 116 valence electrons.